The Kier molecular flexibility index (Phi) is 5.01. The van der Waals surface area contributed by atoms with Crippen molar-refractivity contribution in [1.82, 2.24) is 24.6 Å². The lowest BCUT2D eigenvalue weighted by molar-refractivity contribution is 0.0954. The molecule has 6 nitrogen and oxygen atoms in total. The summed E-state index contributed by atoms with van der Waals surface area (Å²) in [6.45, 7) is 0.508. The Morgan fingerprint density at radius 3 is 2.43 bits per heavy atom. The minimum atomic E-state index is -0.143. The van der Waals surface area contributed by atoms with Gasteiger partial charge >= 0.3 is 0 Å². The number of amides is 1. The van der Waals surface area contributed by atoms with Crippen LogP contribution in [0.15, 0.2) is 79.3 Å². The van der Waals surface area contributed by atoms with Crippen molar-refractivity contribution in [3.05, 3.63) is 90.6 Å². The van der Waals surface area contributed by atoms with E-state index in [9.17, 15) is 4.79 Å². The Balaban J connectivity index is 1.60. The first-order valence-corrected chi connectivity index (χ1v) is 9.17. The second-order valence-corrected chi connectivity index (χ2v) is 6.50. The lowest BCUT2D eigenvalue weighted by Gasteiger charge is -2.06. The number of hydrogen-bond donors (Lipinski definition) is 1. The van der Waals surface area contributed by atoms with Crippen molar-refractivity contribution in [1.29, 1.82) is 0 Å². The molecule has 0 unspecified atom stereocenters. The number of imidazole rings is 1. The van der Waals surface area contributed by atoms with E-state index in [-0.39, 0.29) is 5.91 Å². The van der Waals surface area contributed by atoms with Crippen LogP contribution in [0, 0.1) is 0 Å². The van der Waals surface area contributed by atoms with E-state index in [4.69, 9.17) is 0 Å². The molecular weight excluding hydrogens is 350 g/mol. The van der Waals surface area contributed by atoms with E-state index in [1.54, 1.807) is 17.1 Å². The van der Waals surface area contributed by atoms with Gasteiger partial charge in [-0.05, 0) is 12.1 Å². The summed E-state index contributed by atoms with van der Waals surface area (Å²) in [5.41, 5.74) is 3.03. The molecule has 1 N–H and O–H groups in total. The summed E-state index contributed by atoms with van der Waals surface area (Å²) in [7, 11) is 1.95. The quantitative estimate of drug-likeness (QED) is 0.566. The van der Waals surface area contributed by atoms with Crippen molar-refractivity contribution in [2.24, 2.45) is 7.05 Å². The lowest BCUT2D eigenvalue weighted by atomic mass is 10.1. The number of nitrogens with zero attached hydrogens (tertiary/aromatic N) is 4. The Bertz CT molecular complexity index is 1070. The molecule has 0 aliphatic carbocycles. The van der Waals surface area contributed by atoms with Gasteiger partial charge in [-0.3, -0.25) is 4.79 Å². The zero-order valence-corrected chi connectivity index (χ0v) is 15.6. The summed E-state index contributed by atoms with van der Waals surface area (Å²) in [5, 5.41) is 7.68. The van der Waals surface area contributed by atoms with Gasteiger partial charge in [0.05, 0.1) is 11.3 Å². The molecule has 2 heterocycles. The van der Waals surface area contributed by atoms with Gasteiger partial charge in [-0.2, -0.15) is 5.10 Å². The third-order valence-electron chi connectivity index (χ3n) is 4.58. The maximum Gasteiger partial charge on any atom is 0.255 e. The number of rotatable bonds is 6. The molecule has 0 spiro atoms. The first kappa shape index (κ1) is 17.7. The van der Waals surface area contributed by atoms with Crippen LogP contribution < -0.4 is 5.32 Å². The van der Waals surface area contributed by atoms with Gasteiger partial charge in [0.15, 0.2) is 0 Å². The van der Waals surface area contributed by atoms with E-state index < -0.39 is 0 Å². The molecule has 0 saturated heterocycles. The average Bonchev–Trinajstić information content (AvgIpc) is 3.36. The van der Waals surface area contributed by atoms with Crippen molar-refractivity contribution in [2.45, 2.75) is 6.42 Å². The molecule has 0 aliphatic heterocycles. The monoisotopic (exact) mass is 371 g/mol. The number of para-hydroxylation sites is 1. The number of nitrogens with one attached hydrogen (secondary N) is 1. The van der Waals surface area contributed by atoms with Crippen LogP contribution in [0.1, 0.15) is 16.2 Å². The van der Waals surface area contributed by atoms with E-state index in [0.717, 1.165) is 17.1 Å². The molecule has 2 aromatic carbocycles. The zero-order valence-electron chi connectivity index (χ0n) is 15.6. The van der Waals surface area contributed by atoms with Gasteiger partial charge in [0.1, 0.15) is 11.5 Å². The molecule has 4 rings (SSSR count). The Morgan fingerprint density at radius 1 is 1.04 bits per heavy atom. The van der Waals surface area contributed by atoms with Crippen LogP contribution in [0.5, 0.6) is 0 Å². The zero-order chi connectivity index (χ0) is 19.3. The van der Waals surface area contributed by atoms with E-state index in [1.807, 2.05) is 78.5 Å². The number of carbonyl (C=O) groups is 1. The van der Waals surface area contributed by atoms with Gasteiger partial charge in [0.2, 0.25) is 0 Å². The number of benzene rings is 2. The Labute approximate surface area is 163 Å². The average molecular weight is 371 g/mol. The van der Waals surface area contributed by atoms with Gasteiger partial charge in [-0.15, -0.1) is 0 Å². The standard InChI is InChI=1S/C22H21N5O/c1-26-15-14-23-20(26)12-13-24-22(28)19-16-27(18-10-6-3-7-11-18)25-21(19)17-8-4-2-5-9-17/h2-11,14-16H,12-13H2,1H3,(H,24,28). The lowest BCUT2D eigenvalue weighted by Crippen LogP contribution is -2.26. The molecule has 0 atom stereocenters. The van der Waals surface area contributed by atoms with Crippen molar-refractivity contribution < 1.29 is 4.79 Å². The van der Waals surface area contributed by atoms with Crippen LogP contribution >= 0.6 is 0 Å². The van der Waals surface area contributed by atoms with Gasteiger partial charge in [0.25, 0.3) is 5.91 Å². The number of aryl methyl sites for hydroxylation is 1. The second kappa shape index (κ2) is 7.92. The molecule has 6 heteroatoms. The van der Waals surface area contributed by atoms with Crippen LogP contribution in [-0.2, 0) is 13.5 Å². The summed E-state index contributed by atoms with van der Waals surface area (Å²) >= 11 is 0. The predicted molar refractivity (Wildman–Crippen MR) is 108 cm³/mol. The number of carbonyl (C=O) groups excluding carboxylic acids is 1. The minimum Gasteiger partial charge on any atom is -0.351 e. The molecule has 0 saturated carbocycles. The van der Waals surface area contributed by atoms with Crippen LogP contribution in [0.4, 0.5) is 0 Å². The third-order valence-corrected chi connectivity index (χ3v) is 4.58. The van der Waals surface area contributed by atoms with Crippen molar-refractivity contribution in [3.8, 4) is 16.9 Å². The van der Waals surface area contributed by atoms with E-state index in [2.05, 4.69) is 15.4 Å². The fourth-order valence-corrected chi connectivity index (χ4v) is 3.08. The predicted octanol–water partition coefficient (Wildman–Crippen LogP) is 3.25. The highest BCUT2D eigenvalue weighted by Gasteiger charge is 2.18. The molecule has 2 aromatic heterocycles. The highest BCUT2D eigenvalue weighted by molar-refractivity contribution is 5.99. The van der Waals surface area contributed by atoms with Gasteiger partial charge in [-0.1, -0.05) is 48.5 Å². The summed E-state index contributed by atoms with van der Waals surface area (Å²) < 4.78 is 3.70. The fourth-order valence-electron chi connectivity index (χ4n) is 3.08. The second-order valence-electron chi connectivity index (χ2n) is 6.50. The molecule has 0 aliphatic rings. The fraction of sp³-hybridized carbons (Fsp3) is 0.136. The van der Waals surface area contributed by atoms with E-state index in [1.165, 1.54) is 0 Å². The molecule has 0 bridgehead atoms. The van der Waals surface area contributed by atoms with Gasteiger partial charge < -0.3 is 9.88 Å². The molecular formula is C22H21N5O. The summed E-state index contributed by atoms with van der Waals surface area (Å²) in [6.07, 6.45) is 6.11. The van der Waals surface area contributed by atoms with Crippen LogP contribution in [0.3, 0.4) is 0 Å². The van der Waals surface area contributed by atoms with Gasteiger partial charge in [-0.25, -0.2) is 9.67 Å². The summed E-state index contributed by atoms with van der Waals surface area (Å²) in [4.78, 5) is 17.2. The highest BCUT2D eigenvalue weighted by atomic mass is 16.1. The van der Waals surface area contributed by atoms with Crippen molar-refractivity contribution in [3.63, 3.8) is 0 Å². The third kappa shape index (κ3) is 3.71. The Hall–Kier alpha value is -3.67. The highest BCUT2D eigenvalue weighted by Crippen LogP contribution is 2.23. The SMILES string of the molecule is Cn1ccnc1CCNC(=O)c1cn(-c2ccccc2)nc1-c1ccccc1. The molecule has 1 amide bonds. The first-order valence-electron chi connectivity index (χ1n) is 9.17. The number of aromatic nitrogens is 4. The van der Waals surface area contributed by atoms with Crippen molar-refractivity contribution in [2.75, 3.05) is 6.54 Å². The van der Waals surface area contributed by atoms with E-state index in [0.29, 0.717) is 24.2 Å². The van der Waals surface area contributed by atoms with Gasteiger partial charge in [0, 0.05) is 44.2 Å². The topological polar surface area (TPSA) is 64.7 Å². The van der Waals surface area contributed by atoms with Crippen LogP contribution in [0.25, 0.3) is 16.9 Å². The molecule has 28 heavy (non-hydrogen) atoms. The number of hydrogen-bond acceptors (Lipinski definition) is 3. The van der Waals surface area contributed by atoms with Crippen LogP contribution in [0.2, 0.25) is 0 Å². The van der Waals surface area contributed by atoms with Crippen LogP contribution in [-0.4, -0.2) is 31.8 Å². The first-order chi connectivity index (χ1) is 13.7. The maximum atomic E-state index is 12.9. The maximum absolute atomic E-state index is 12.9. The molecule has 140 valence electrons. The molecule has 4 aromatic rings. The largest absolute Gasteiger partial charge is 0.351 e. The van der Waals surface area contributed by atoms with E-state index >= 15 is 0 Å². The smallest absolute Gasteiger partial charge is 0.255 e. The normalized spacial score (nSPS) is 10.8. The Morgan fingerprint density at radius 2 is 1.75 bits per heavy atom. The van der Waals surface area contributed by atoms with Crippen molar-refractivity contribution >= 4 is 5.91 Å². The molecule has 0 radical (unpaired) electrons. The summed E-state index contributed by atoms with van der Waals surface area (Å²) in [6, 6.07) is 19.5. The minimum absolute atomic E-state index is 0.143. The summed E-state index contributed by atoms with van der Waals surface area (Å²) in [5.74, 6) is 0.791. The molecule has 0 fully saturated rings.